The topological polar surface area (TPSA) is 99.3 Å². The van der Waals surface area contributed by atoms with Crippen LogP contribution in [0.3, 0.4) is 0 Å². The van der Waals surface area contributed by atoms with Crippen LogP contribution >= 0.6 is 35.0 Å². The number of amides is 2. The summed E-state index contributed by atoms with van der Waals surface area (Å²) < 4.78 is 0. The third-order valence-electron chi connectivity index (χ3n) is 5.21. The second kappa shape index (κ2) is 9.02. The van der Waals surface area contributed by atoms with E-state index in [1.807, 2.05) is 6.92 Å². The number of thioether (sulfide) groups is 1. The van der Waals surface area contributed by atoms with Crippen molar-refractivity contribution in [2.75, 3.05) is 0 Å². The van der Waals surface area contributed by atoms with Gasteiger partial charge >= 0.3 is 0 Å². The molecule has 0 bridgehead atoms. The summed E-state index contributed by atoms with van der Waals surface area (Å²) in [6, 6.07) is 13.9. The Balaban J connectivity index is 1.94. The van der Waals surface area contributed by atoms with Crippen molar-refractivity contribution in [2.45, 2.75) is 25.1 Å². The van der Waals surface area contributed by atoms with Gasteiger partial charge in [-0.05, 0) is 41.8 Å². The van der Waals surface area contributed by atoms with Gasteiger partial charge in [-0.25, -0.2) is 0 Å². The minimum atomic E-state index is -0.430. The number of rotatable bonds is 6. The Hall–Kier alpha value is -2.74. The summed E-state index contributed by atoms with van der Waals surface area (Å²) in [6.07, 6.45) is 1.37. The van der Waals surface area contributed by atoms with Crippen molar-refractivity contribution in [1.82, 2.24) is 10.2 Å². The highest BCUT2D eigenvalue weighted by molar-refractivity contribution is 8.14. The normalized spacial score (nSPS) is 16.5. The lowest BCUT2D eigenvalue weighted by Gasteiger charge is -2.30. The van der Waals surface area contributed by atoms with Gasteiger partial charge in [-0.15, -0.1) is 0 Å². The summed E-state index contributed by atoms with van der Waals surface area (Å²) in [5, 5.41) is 11.2. The lowest BCUT2D eigenvalue weighted by atomic mass is 10.0. The van der Waals surface area contributed by atoms with Crippen molar-refractivity contribution in [2.24, 2.45) is 5.73 Å². The maximum atomic E-state index is 13.8. The molecule has 1 unspecified atom stereocenters. The molecule has 32 heavy (non-hydrogen) atoms. The van der Waals surface area contributed by atoms with Gasteiger partial charge in [-0.1, -0.05) is 72.6 Å². The molecule has 4 rings (SSSR count). The van der Waals surface area contributed by atoms with Crippen molar-refractivity contribution < 1.29 is 9.59 Å². The smallest absolute Gasteiger partial charge is 0.262 e. The number of carbonyl (C=O) groups excluding carboxylic acids is 2. The Bertz CT molecular complexity index is 1170. The second-order valence-electron chi connectivity index (χ2n) is 7.34. The van der Waals surface area contributed by atoms with Gasteiger partial charge in [-0.3, -0.25) is 19.9 Å². The number of nitrogens with one attached hydrogen (secondary N) is 2. The average Bonchev–Trinajstić information content (AvgIpc) is 3.24. The zero-order chi connectivity index (χ0) is 23.0. The summed E-state index contributed by atoms with van der Waals surface area (Å²) in [4.78, 5) is 28.5. The van der Waals surface area contributed by atoms with Crippen LogP contribution in [0.2, 0.25) is 10.0 Å². The molecule has 0 spiro atoms. The molecule has 2 aromatic rings. The third-order valence-corrected chi connectivity index (χ3v) is 6.69. The molecule has 0 aliphatic carbocycles. The van der Waals surface area contributed by atoms with Gasteiger partial charge in [0, 0.05) is 10.0 Å². The van der Waals surface area contributed by atoms with E-state index < -0.39 is 5.37 Å². The molecular weight excluding hydrogens is 467 g/mol. The molecule has 0 aromatic heterocycles. The number of benzene rings is 2. The maximum Gasteiger partial charge on any atom is 0.262 e. The van der Waals surface area contributed by atoms with E-state index >= 15 is 0 Å². The highest BCUT2D eigenvalue weighted by Crippen LogP contribution is 2.45. The number of halogens is 2. The first kappa shape index (κ1) is 22.5. The SMILES string of the molecule is CCCC(SC(=N)N)N1C(=O)C2=C(c3ccc(Cl)cc3)NC(=O)C2=C1c1ccc(Cl)cc1. The molecule has 2 aliphatic rings. The number of fused-ring (bicyclic) bond motifs is 1. The van der Waals surface area contributed by atoms with Crippen LogP contribution in [-0.2, 0) is 9.59 Å². The van der Waals surface area contributed by atoms with E-state index in [1.54, 1.807) is 53.4 Å². The number of amidine groups is 1. The Morgan fingerprint density at radius 2 is 1.59 bits per heavy atom. The first-order valence-electron chi connectivity index (χ1n) is 9.98. The lowest BCUT2D eigenvalue weighted by molar-refractivity contribution is -0.123. The molecule has 0 radical (unpaired) electrons. The van der Waals surface area contributed by atoms with Crippen molar-refractivity contribution >= 4 is 63.3 Å². The van der Waals surface area contributed by atoms with Crippen LogP contribution < -0.4 is 11.1 Å². The van der Waals surface area contributed by atoms with Crippen molar-refractivity contribution in [1.29, 1.82) is 5.41 Å². The Morgan fingerprint density at radius 3 is 2.12 bits per heavy atom. The standard InChI is InChI=1S/C23H20Cl2N4O2S/c1-2-3-16(32-23(26)27)29-20(13-6-10-15(25)11-7-13)18-17(22(29)31)19(28-21(18)30)12-4-8-14(24)9-5-12/h4-11,16H,2-3H2,1H3,(H3,26,27)(H,28,30). The predicted molar refractivity (Wildman–Crippen MR) is 130 cm³/mol. The van der Waals surface area contributed by atoms with Gasteiger partial charge in [0.15, 0.2) is 5.17 Å². The zero-order valence-electron chi connectivity index (χ0n) is 17.1. The molecule has 0 fully saturated rings. The molecule has 0 saturated carbocycles. The molecule has 2 heterocycles. The van der Waals surface area contributed by atoms with E-state index in [4.69, 9.17) is 34.3 Å². The summed E-state index contributed by atoms with van der Waals surface area (Å²) in [5.41, 5.74) is 8.63. The van der Waals surface area contributed by atoms with Crippen molar-refractivity contribution in [3.63, 3.8) is 0 Å². The summed E-state index contributed by atoms with van der Waals surface area (Å²) in [6.45, 7) is 2.00. The van der Waals surface area contributed by atoms with E-state index in [-0.39, 0.29) is 17.0 Å². The van der Waals surface area contributed by atoms with Gasteiger partial charge in [0.05, 0.1) is 27.9 Å². The van der Waals surface area contributed by atoms with E-state index in [2.05, 4.69) is 5.32 Å². The van der Waals surface area contributed by atoms with Gasteiger partial charge in [-0.2, -0.15) is 0 Å². The molecule has 2 amide bonds. The van der Waals surface area contributed by atoms with Crippen LogP contribution in [0.25, 0.3) is 11.4 Å². The first-order chi connectivity index (χ1) is 15.3. The van der Waals surface area contributed by atoms with E-state index in [0.717, 1.165) is 18.2 Å². The highest BCUT2D eigenvalue weighted by atomic mass is 35.5. The summed E-state index contributed by atoms with van der Waals surface area (Å²) >= 11 is 13.2. The van der Waals surface area contributed by atoms with Gasteiger partial charge in [0.25, 0.3) is 11.8 Å². The van der Waals surface area contributed by atoms with Crippen LogP contribution in [0.4, 0.5) is 0 Å². The molecular formula is C23H20Cl2N4O2S. The minimum absolute atomic E-state index is 0.0925. The lowest BCUT2D eigenvalue weighted by Crippen LogP contribution is -2.36. The molecule has 1 atom stereocenters. The van der Waals surface area contributed by atoms with Crippen LogP contribution in [0.5, 0.6) is 0 Å². The van der Waals surface area contributed by atoms with Crippen LogP contribution in [0.1, 0.15) is 30.9 Å². The van der Waals surface area contributed by atoms with Crippen LogP contribution in [-0.4, -0.2) is 27.3 Å². The fraction of sp³-hybridized carbons (Fsp3) is 0.174. The van der Waals surface area contributed by atoms with Gasteiger partial charge in [0.1, 0.15) is 0 Å². The zero-order valence-corrected chi connectivity index (χ0v) is 19.4. The van der Waals surface area contributed by atoms with E-state index in [9.17, 15) is 9.59 Å². The molecule has 2 aliphatic heterocycles. The van der Waals surface area contributed by atoms with Crippen molar-refractivity contribution in [3.05, 3.63) is 80.8 Å². The molecule has 9 heteroatoms. The Morgan fingerprint density at radius 1 is 1.03 bits per heavy atom. The fourth-order valence-electron chi connectivity index (χ4n) is 3.89. The first-order valence-corrected chi connectivity index (χ1v) is 11.6. The number of nitrogens with zero attached hydrogens (tertiary/aromatic N) is 1. The quantitative estimate of drug-likeness (QED) is 0.401. The predicted octanol–water partition coefficient (Wildman–Crippen LogP) is 4.84. The van der Waals surface area contributed by atoms with Crippen LogP contribution in [0.15, 0.2) is 59.7 Å². The Kier molecular flexibility index (Phi) is 6.33. The highest BCUT2D eigenvalue weighted by Gasteiger charge is 2.47. The second-order valence-corrected chi connectivity index (χ2v) is 9.43. The molecule has 0 saturated heterocycles. The summed E-state index contributed by atoms with van der Waals surface area (Å²) in [5.74, 6) is -0.658. The number of hydrogen-bond donors (Lipinski definition) is 3. The minimum Gasteiger partial charge on any atom is -0.379 e. The number of carbonyl (C=O) groups is 2. The Labute approximate surface area is 199 Å². The number of hydrogen-bond acceptors (Lipinski definition) is 4. The molecule has 6 nitrogen and oxygen atoms in total. The van der Waals surface area contributed by atoms with E-state index in [1.165, 1.54) is 0 Å². The van der Waals surface area contributed by atoms with E-state index in [0.29, 0.717) is 50.1 Å². The maximum absolute atomic E-state index is 13.8. The van der Waals surface area contributed by atoms with Gasteiger partial charge < -0.3 is 11.1 Å². The van der Waals surface area contributed by atoms with Crippen molar-refractivity contribution in [3.8, 4) is 0 Å². The average molecular weight is 487 g/mol. The number of nitrogens with two attached hydrogens (primary N) is 1. The fourth-order valence-corrected chi connectivity index (χ4v) is 5.10. The largest absolute Gasteiger partial charge is 0.379 e. The summed E-state index contributed by atoms with van der Waals surface area (Å²) in [7, 11) is 0. The monoisotopic (exact) mass is 486 g/mol. The molecule has 164 valence electrons. The molecule has 4 N–H and O–H groups in total. The van der Waals surface area contributed by atoms with Crippen LogP contribution in [0, 0.1) is 5.41 Å². The molecule has 2 aromatic carbocycles. The van der Waals surface area contributed by atoms with Gasteiger partial charge in [0.2, 0.25) is 0 Å². The third kappa shape index (κ3) is 4.03.